The average Bonchev–Trinajstić information content (AvgIpc) is 3.52. The van der Waals surface area contributed by atoms with Gasteiger partial charge in [0.25, 0.3) is 0 Å². The highest BCUT2D eigenvalue weighted by Gasteiger charge is 2.38. The molecule has 172 valence electrons. The molecule has 0 radical (unpaired) electrons. The van der Waals surface area contributed by atoms with Crippen LogP contribution in [0, 0.1) is 0 Å². The molecule has 5 aromatic rings. The molecule has 0 unspecified atom stereocenters. The SMILES string of the molecule is C[C@H](c1cccc2ccccc12)N1Cc2c([nH]c3ccccc3c2=O)[C@H]1c1ccc2c(c1)CCO2. The molecule has 3 heterocycles. The molecular weight excluding hydrogens is 432 g/mol. The van der Waals surface area contributed by atoms with Crippen LogP contribution in [0.15, 0.2) is 89.7 Å². The Morgan fingerprint density at radius 3 is 2.66 bits per heavy atom. The van der Waals surface area contributed by atoms with Crippen LogP contribution in [0.3, 0.4) is 0 Å². The van der Waals surface area contributed by atoms with Crippen molar-refractivity contribution in [3.8, 4) is 5.75 Å². The second-order valence-corrected chi connectivity index (χ2v) is 9.68. The summed E-state index contributed by atoms with van der Waals surface area (Å²) in [4.78, 5) is 19.8. The van der Waals surface area contributed by atoms with E-state index in [-0.39, 0.29) is 17.5 Å². The highest BCUT2D eigenvalue weighted by atomic mass is 16.5. The molecule has 0 amide bonds. The molecule has 7 rings (SSSR count). The Kier molecular flexibility index (Phi) is 4.58. The van der Waals surface area contributed by atoms with E-state index < -0.39 is 0 Å². The molecule has 0 bridgehead atoms. The number of ether oxygens (including phenoxy) is 1. The first-order chi connectivity index (χ1) is 17.2. The zero-order valence-electron chi connectivity index (χ0n) is 19.6. The van der Waals surface area contributed by atoms with Crippen LogP contribution in [0.25, 0.3) is 21.7 Å². The van der Waals surface area contributed by atoms with Crippen LogP contribution >= 0.6 is 0 Å². The molecular formula is C31H26N2O2. The van der Waals surface area contributed by atoms with Gasteiger partial charge in [-0.3, -0.25) is 9.69 Å². The number of hydrogen-bond acceptors (Lipinski definition) is 3. The van der Waals surface area contributed by atoms with Crippen LogP contribution in [0.5, 0.6) is 5.75 Å². The molecule has 0 saturated carbocycles. The Morgan fingerprint density at radius 2 is 1.74 bits per heavy atom. The standard InChI is InChI=1S/C31H26N2O2/c1-19(23-11-6-8-20-7-2-3-9-24(20)23)33-18-26-29(32-27-12-5-4-10-25(27)31(26)34)30(33)22-13-14-28-21(17-22)15-16-35-28/h2-14,17,19,30H,15-16,18H2,1H3,(H,32,34)/t19-,30-/m1/s1. The van der Waals surface area contributed by atoms with E-state index in [4.69, 9.17) is 4.74 Å². The van der Waals surface area contributed by atoms with E-state index >= 15 is 0 Å². The molecule has 2 atom stereocenters. The third-order valence-corrected chi connectivity index (χ3v) is 7.79. The van der Waals surface area contributed by atoms with Crippen LogP contribution in [-0.4, -0.2) is 16.5 Å². The molecule has 2 aliphatic rings. The number of rotatable bonds is 3. The van der Waals surface area contributed by atoms with Crippen LogP contribution in [0.4, 0.5) is 0 Å². The van der Waals surface area contributed by atoms with E-state index in [1.54, 1.807) is 0 Å². The van der Waals surface area contributed by atoms with Crippen molar-refractivity contribution >= 4 is 21.7 Å². The Hall–Kier alpha value is -3.89. The van der Waals surface area contributed by atoms with Crippen LogP contribution in [0.1, 0.15) is 47.0 Å². The van der Waals surface area contributed by atoms with Gasteiger partial charge in [-0.25, -0.2) is 0 Å². The van der Waals surface area contributed by atoms with Crippen molar-refractivity contribution in [2.75, 3.05) is 6.61 Å². The number of para-hydroxylation sites is 1. The maximum absolute atomic E-state index is 13.6. The molecule has 4 heteroatoms. The fourth-order valence-corrected chi connectivity index (χ4v) is 6.01. The van der Waals surface area contributed by atoms with E-state index in [0.29, 0.717) is 6.54 Å². The fraction of sp³-hybridized carbons (Fsp3) is 0.194. The predicted octanol–water partition coefficient (Wildman–Crippen LogP) is 6.28. The van der Waals surface area contributed by atoms with E-state index in [9.17, 15) is 4.79 Å². The smallest absolute Gasteiger partial charge is 0.194 e. The van der Waals surface area contributed by atoms with E-state index in [1.807, 2.05) is 24.3 Å². The van der Waals surface area contributed by atoms with Crippen molar-refractivity contribution in [3.63, 3.8) is 0 Å². The monoisotopic (exact) mass is 458 g/mol. The first kappa shape index (κ1) is 20.5. The molecule has 4 aromatic carbocycles. The number of pyridine rings is 1. The van der Waals surface area contributed by atoms with Gasteiger partial charge in [-0.15, -0.1) is 0 Å². The molecule has 0 aliphatic carbocycles. The predicted molar refractivity (Wildman–Crippen MR) is 140 cm³/mol. The van der Waals surface area contributed by atoms with Crippen molar-refractivity contribution < 1.29 is 4.74 Å². The first-order valence-electron chi connectivity index (χ1n) is 12.3. The number of benzene rings is 4. The molecule has 35 heavy (non-hydrogen) atoms. The van der Waals surface area contributed by atoms with Gasteiger partial charge in [-0.05, 0) is 52.6 Å². The van der Waals surface area contributed by atoms with Gasteiger partial charge in [0, 0.05) is 41.2 Å². The molecule has 0 fully saturated rings. The summed E-state index contributed by atoms with van der Waals surface area (Å²) < 4.78 is 5.78. The quantitative estimate of drug-likeness (QED) is 0.346. The number of aromatic nitrogens is 1. The van der Waals surface area contributed by atoms with Crippen molar-refractivity contribution in [2.45, 2.75) is 32.0 Å². The Bertz CT molecular complexity index is 1660. The lowest BCUT2D eigenvalue weighted by molar-refractivity contribution is 0.180. The summed E-state index contributed by atoms with van der Waals surface area (Å²) in [5.74, 6) is 0.979. The van der Waals surface area contributed by atoms with E-state index in [1.165, 1.54) is 27.5 Å². The summed E-state index contributed by atoms with van der Waals surface area (Å²) in [6, 6.07) is 29.5. The third kappa shape index (κ3) is 3.14. The van der Waals surface area contributed by atoms with Gasteiger partial charge in [0.2, 0.25) is 0 Å². The maximum atomic E-state index is 13.6. The van der Waals surface area contributed by atoms with Crippen molar-refractivity contribution in [3.05, 3.63) is 123 Å². The van der Waals surface area contributed by atoms with Gasteiger partial charge >= 0.3 is 0 Å². The number of fused-ring (bicyclic) bond motifs is 4. The van der Waals surface area contributed by atoms with Gasteiger partial charge in [0.1, 0.15) is 5.75 Å². The van der Waals surface area contributed by atoms with Crippen LogP contribution < -0.4 is 10.2 Å². The lowest BCUT2D eigenvalue weighted by Gasteiger charge is -2.32. The Balaban J connectivity index is 1.43. The number of aromatic amines is 1. The Morgan fingerprint density at radius 1 is 0.943 bits per heavy atom. The normalized spacial score (nSPS) is 17.9. The van der Waals surface area contributed by atoms with Gasteiger partial charge in [-0.2, -0.15) is 0 Å². The number of nitrogens with one attached hydrogen (secondary N) is 1. The number of H-pyrrole nitrogens is 1. The lowest BCUT2D eigenvalue weighted by atomic mass is 9.95. The summed E-state index contributed by atoms with van der Waals surface area (Å²) in [6.07, 6.45) is 0.926. The minimum atomic E-state index is -0.0397. The summed E-state index contributed by atoms with van der Waals surface area (Å²) >= 11 is 0. The summed E-state index contributed by atoms with van der Waals surface area (Å²) in [5.41, 5.74) is 6.64. The van der Waals surface area contributed by atoms with Crippen molar-refractivity contribution in [1.82, 2.24) is 9.88 Å². The minimum absolute atomic E-state index is 0.0397. The average molecular weight is 459 g/mol. The third-order valence-electron chi connectivity index (χ3n) is 7.79. The fourth-order valence-electron chi connectivity index (χ4n) is 6.01. The largest absolute Gasteiger partial charge is 0.493 e. The van der Waals surface area contributed by atoms with Gasteiger partial charge in [-0.1, -0.05) is 66.7 Å². The van der Waals surface area contributed by atoms with E-state index in [0.717, 1.165) is 40.9 Å². The highest BCUT2D eigenvalue weighted by molar-refractivity contribution is 5.86. The lowest BCUT2D eigenvalue weighted by Crippen LogP contribution is -2.27. The van der Waals surface area contributed by atoms with E-state index in [2.05, 4.69) is 77.5 Å². The van der Waals surface area contributed by atoms with Gasteiger partial charge < -0.3 is 9.72 Å². The minimum Gasteiger partial charge on any atom is -0.493 e. The molecule has 1 N–H and O–H groups in total. The maximum Gasteiger partial charge on any atom is 0.194 e. The summed E-state index contributed by atoms with van der Waals surface area (Å²) in [5, 5.41) is 3.25. The molecule has 0 spiro atoms. The second-order valence-electron chi connectivity index (χ2n) is 9.68. The highest BCUT2D eigenvalue weighted by Crippen LogP contribution is 2.44. The zero-order valence-corrected chi connectivity index (χ0v) is 19.6. The molecule has 2 aliphatic heterocycles. The summed E-state index contributed by atoms with van der Waals surface area (Å²) in [7, 11) is 0. The second kappa shape index (κ2) is 7.82. The zero-order chi connectivity index (χ0) is 23.5. The van der Waals surface area contributed by atoms with Crippen molar-refractivity contribution in [1.29, 1.82) is 0 Å². The van der Waals surface area contributed by atoms with Gasteiger partial charge in [0.05, 0.1) is 12.6 Å². The molecule has 4 nitrogen and oxygen atoms in total. The molecule has 1 aromatic heterocycles. The van der Waals surface area contributed by atoms with Crippen molar-refractivity contribution in [2.24, 2.45) is 0 Å². The number of nitrogens with zero attached hydrogens (tertiary/aromatic N) is 1. The Labute approximate surface area is 203 Å². The number of hydrogen-bond donors (Lipinski definition) is 1. The first-order valence-corrected chi connectivity index (χ1v) is 12.3. The summed E-state index contributed by atoms with van der Waals surface area (Å²) in [6.45, 7) is 3.61. The van der Waals surface area contributed by atoms with Crippen LogP contribution in [0.2, 0.25) is 0 Å². The topological polar surface area (TPSA) is 45.3 Å². The van der Waals surface area contributed by atoms with Crippen LogP contribution in [-0.2, 0) is 13.0 Å². The molecule has 0 saturated heterocycles. The van der Waals surface area contributed by atoms with Gasteiger partial charge in [0.15, 0.2) is 5.43 Å².